The zero-order chi connectivity index (χ0) is 19.0. The van der Waals surface area contributed by atoms with Crippen molar-refractivity contribution in [3.63, 3.8) is 0 Å². The Morgan fingerprint density at radius 3 is 2.00 bits per heavy atom. The first kappa shape index (κ1) is 17.6. The molecule has 27 heavy (non-hydrogen) atoms. The van der Waals surface area contributed by atoms with Crippen LogP contribution in [-0.4, -0.2) is 0 Å². The maximum absolute atomic E-state index is 3.79. The molecule has 4 aromatic carbocycles. The molecule has 0 amide bonds. The van der Waals surface area contributed by atoms with Crippen LogP contribution in [0.4, 0.5) is 5.69 Å². The summed E-state index contributed by atoms with van der Waals surface area (Å²) in [6, 6.07) is 28.6. The van der Waals surface area contributed by atoms with Crippen LogP contribution in [0, 0.1) is 0 Å². The molecule has 0 aromatic heterocycles. The van der Waals surface area contributed by atoms with Crippen molar-refractivity contribution >= 4 is 27.2 Å². The number of fused-ring (bicyclic) bond motifs is 2. The van der Waals surface area contributed by atoms with Gasteiger partial charge in [0.25, 0.3) is 0 Å². The number of hydrogen-bond acceptors (Lipinski definition) is 1. The summed E-state index contributed by atoms with van der Waals surface area (Å²) >= 11 is 0. The van der Waals surface area contributed by atoms with Gasteiger partial charge in [-0.05, 0) is 65.3 Å². The van der Waals surface area contributed by atoms with Gasteiger partial charge >= 0.3 is 0 Å². The van der Waals surface area contributed by atoms with Crippen LogP contribution in [-0.2, 0) is 5.54 Å². The molecule has 0 aliphatic heterocycles. The molecule has 0 aliphatic carbocycles. The molecule has 1 heteroatoms. The van der Waals surface area contributed by atoms with Gasteiger partial charge in [-0.2, -0.15) is 0 Å². The molecule has 0 saturated carbocycles. The fourth-order valence-electron chi connectivity index (χ4n) is 3.77. The van der Waals surface area contributed by atoms with Gasteiger partial charge in [0.2, 0.25) is 0 Å². The van der Waals surface area contributed by atoms with E-state index in [1.807, 2.05) is 0 Å². The van der Waals surface area contributed by atoms with E-state index in [-0.39, 0.29) is 5.54 Å². The van der Waals surface area contributed by atoms with E-state index in [4.69, 9.17) is 0 Å². The molecule has 136 valence electrons. The van der Waals surface area contributed by atoms with Gasteiger partial charge in [0.1, 0.15) is 0 Å². The Balaban J connectivity index is 1.74. The van der Waals surface area contributed by atoms with Crippen molar-refractivity contribution in [2.24, 2.45) is 0 Å². The van der Waals surface area contributed by atoms with Crippen LogP contribution >= 0.6 is 0 Å². The third-order valence-electron chi connectivity index (χ3n) is 5.49. The van der Waals surface area contributed by atoms with Crippen LogP contribution in [0.25, 0.3) is 21.5 Å². The molecule has 0 heterocycles. The second kappa shape index (κ2) is 6.74. The lowest BCUT2D eigenvalue weighted by molar-refractivity contribution is 0.610. The van der Waals surface area contributed by atoms with Gasteiger partial charge in [0.05, 0.1) is 5.54 Å². The molecule has 1 nitrogen and oxygen atoms in total. The monoisotopic (exact) mass is 353 g/mol. The fourth-order valence-corrected chi connectivity index (χ4v) is 3.77. The van der Waals surface area contributed by atoms with Crippen molar-refractivity contribution in [1.29, 1.82) is 0 Å². The molecule has 0 saturated heterocycles. The molecule has 0 radical (unpaired) electrons. The minimum Gasteiger partial charge on any atom is -0.376 e. The van der Waals surface area contributed by atoms with E-state index in [9.17, 15) is 0 Å². The van der Waals surface area contributed by atoms with Crippen LogP contribution in [0.2, 0.25) is 0 Å². The molecular formula is C26H27N. The number of rotatable bonds is 4. The number of nitrogens with one attached hydrogen (secondary N) is 1. The van der Waals surface area contributed by atoms with E-state index in [0.717, 1.165) is 0 Å². The molecular weight excluding hydrogens is 326 g/mol. The summed E-state index contributed by atoms with van der Waals surface area (Å²) in [5.41, 5.74) is 3.70. The Morgan fingerprint density at radius 1 is 0.704 bits per heavy atom. The van der Waals surface area contributed by atoms with Gasteiger partial charge in [0, 0.05) is 11.1 Å². The SMILES string of the molecule is CC(C)c1ccc(C(C)(C)Nc2cccc3cc4ccccc4cc23)cc1. The average molecular weight is 354 g/mol. The summed E-state index contributed by atoms with van der Waals surface area (Å²) in [4.78, 5) is 0. The summed E-state index contributed by atoms with van der Waals surface area (Å²) in [6.45, 7) is 8.96. The van der Waals surface area contributed by atoms with Gasteiger partial charge in [-0.3, -0.25) is 0 Å². The van der Waals surface area contributed by atoms with E-state index in [1.54, 1.807) is 0 Å². The predicted octanol–water partition coefficient (Wildman–Crippen LogP) is 7.46. The van der Waals surface area contributed by atoms with Gasteiger partial charge in [-0.1, -0.05) is 74.5 Å². The first-order valence-corrected chi connectivity index (χ1v) is 9.74. The van der Waals surface area contributed by atoms with Crippen molar-refractivity contribution < 1.29 is 0 Å². The van der Waals surface area contributed by atoms with Crippen LogP contribution in [0.3, 0.4) is 0 Å². The Labute approximate surface area is 162 Å². The molecule has 0 spiro atoms. The highest BCUT2D eigenvalue weighted by Crippen LogP contribution is 2.33. The quantitative estimate of drug-likeness (QED) is 0.375. The Morgan fingerprint density at radius 2 is 1.33 bits per heavy atom. The summed E-state index contributed by atoms with van der Waals surface area (Å²) in [7, 11) is 0. The highest BCUT2D eigenvalue weighted by Gasteiger charge is 2.21. The average Bonchev–Trinajstić information content (AvgIpc) is 2.66. The molecule has 1 N–H and O–H groups in total. The van der Waals surface area contributed by atoms with E-state index < -0.39 is 0 Å². The third-order valence-corrected chi connectivity index (χ3v) is 5.49. The van der Waals surface area contributed by atoms with Gasteiger partial charge < -0.3 is 5.32 Å². The standard InChI is InChI=1S/C26H27N/c1-18(2)19-12-14-23(15-13-19)26(3,4)27-25-11-7-10-22-16-20-8-5-6-9-21(20)17-24(22)25/h5-18,27H,1-4H3. The van der Waals surface area contributed by atoms with Crippen molar-refractivity contribution in [2.45, 2.75) is 39.2 Å². The van der Waals surface area contributed by atoms with Crippen molar-refractivity contribution in [1.82, 2.24) is 0 Å². The maximum Gasteiger partial charge on any atom is 0.0569 e. The van der Waals surface area contributed by atoms with Crippen molar-refractivity contribution in [2.75, 3.05) is 5.32 Å². The Hall–Kier alpha value is -2.80. The Bertz CT molecular complexity index is 1090. The summed E-state index contributed by atoms with van der Waals surface area (Å²) in [6.07, 6.45) is 0. The molecule has 0 atom stereocenters. The topological polar surface area (TPSA) is 12.0 Å². The van der Waals surface area contributed by atoms with E-state index in [2.05, 4.69) is 112 Å². The molecule has 0 aliphatic rings. The van der Waals surface area contributed by atoms with E-state index >= 15 is 0 Å². The fraction of sp³-hybridized carbons (Fsp3) is 0.231. The first-order valence-electron chi connectivity index (χ1n) is 9.74. The molecule has 0 fully saturated rings. The largest absolute Gasteiger partial charge is 0.376 e. The number of anilines is 1. The maximum atomic E-state index is 3.79. The zero-order valence-electron chi connectivity index (χ0n) is 16.6. The van der Waals surface area contributed by atoms with Crippen LogP contribution < -0.4 is 5.32 Å². The van der Waals surface area contributed by atoms with Crippen molar-refractivity contribution in [3.8, 4) is 0 Å². The highest BCUT2D eigenvalue weighted by molar-refractivity contribution is 6.03. The summed E-state index contributed by atoms with van der Waals surface area (Å²) < 4.78 is 0. The van der Waals surface area contributed by atoms with Crippen LogP contribution in [0.1, 0.15) is 44.7 Å². The minimum atomic E-state index is -0.157. The summed E-state index contributed by atoms with van der Waals surface area (Å²) in [5.74, 6) is 0.557. The highest BCUT2D eigenvalue weighted by atomic mass is 15.0. The van der Waals surface area contributed by atoms with Crippen molar-refractivity contribution in [3.05, 3.63) is 90.0 Å². The lowest BCUT2D eigenvalue weighted by Gasteiger charge is -2.29. The molecule has 4 rings (SSSR count). The lowest BCUT2D eigenvalue weighted by Crippen LogP contribution is -2.28. The van der Waals surface area contributed by atoms with E-state index in [0.29, 0.717) is 5.92 Å². The number of benzene rings is 4. The zero-order valence-corrected chi connectivity index (χ0v) is 16.6. The minimum absolute atomic E-state index is 0.157. The molecule has 0 unspecified atom stereocenters. The van der Waals surface area contributed by atoms with Gasteiger partial charge in [0.15, 0.2) is 0 Å². The normalized spacial score (nSPS) is 12.0. The second-order valence-corrected chi connectivity index (χ2v) is 8.25. The van der Waals surface area contributed by atoms with Gasteiger partial charge in [-0.15, -0.1) is 0 Å². The van der Waals surface area contributed by atoms with Crippen LogP contribution in [0.5, 0.6) is 0 Å². The summed E-state index contributed by atoms with van der Waals surface area (Å²) in [5, 5.41) is 8.89. The Kier molecular flexibility index (Phi) is 4.39. The smallest absolute Gasteiger partial charge is 0.0569 e. The molecule has 4 aromatic rings. The molecule has 0 bridgehead atoms. The second-order valence-electron chi connectivity index (χ2n) is 8.25. The first-order chi connectivity index (χ1) is 12.9. The number of hydrogen-bond donors (Lipinski definition) is 1. The van der Waals surface area contributed by atoms with Crippen LogP contribution in [0.15, 0.2) is 78.9 Å². The van der Waals surface area contributed by atoms with E-state index in [1.165, 1.54) is 38.4 Å². The predicted molar refractivity (Wildman–Crippen MR) is 119 cm³/mol. The third kappa shape index (κ3) is 3.42. The van der Waals surface area contributed by atoms with Gasteiger partial charge in [-0.25, -0.2) is 0 Å². The lowest BCUT2D eigenvalue weighted by atomic mass is 9.91.